The predicted octanol–water partition coefficient (Wildman–Crippen LogP) is 0.104. The monoisotopic (exact) mass is 203 g/mol. The Morgan fingerprint density at radius 3 is 3.00 bits per heavy atom. The lowest BCUT2D eigenvalue weighted by Gasteiger charge is -2.34. The number of nitrogens with zero attached hydrogens (tertiary/aromatic N) is 1. The third-order valence-electron chi connectivity index (χ3n) is 2.39. The van der Waals surface area contributed by atoms with E-state index in [-0.39, 0.29) is 18.8 Å². The van der Waals surface area contributed by atoms with E-state index in [9.17, 15) is 0 Å². The van der Waals surface area contributed by atoms with E-state index in [0.29, 0.717) is 6.61 Å². The van der Waals surface area contributed by atoms with Crippen molar-refractivity contribution in [1.29, 1.82) is 0 Å². The fourth-order valence-electron chi connectivity index (χ4n) is 1.56. The van der Waals surface area contributed by atoms with Crippen LogP contribution in [0.2, 0.25) is 0 Å². The normalized spacial score (nSPS) is 24.4. The lowest BCUT2D eigenvalue weighted by atomic mass is 10.2. The van der Waals surface area contributed by atoms with Crippen LogP contribution in [0.5, 0.6) is 0 Å². The van der Waals surface area contributed by atoms with Crippen LogP contribution >= 0.6 is 0 Å². The highest BCUT2D eigenvalue weighted by Crippen LogP contribution is 2.05. The van der Waals surface area contributed by atoms with E-state index >= 15 is 0 Å². The highest BCUT2D eigenvalue weighted by Gasteiger charge is 2.21. The van der Waals surface area contributed by atoms with Gasteiger partial charge in [-0.1, -0.05) is 0 Å². The van der Waals surface area contributed by atoms with E-state index in [1.54, 1.807) is 0 Å². The summed E-state index contributed by atoms with van der Waals surface area (Å²) in [6, 6.07) is 0.152. The third-order valence-corrected chi connectivity index (χ3v) is 2.39. The molecule has 4 heteroatoms. The first kappa shape index (κ1) is 11.9. The summed E-state index contributed by atoms with van der Waals surface area (Å²) in [4.78, 5) is 2.23. The Kier molecular flexibility index (Phi) is 5.40. The Balaban J connectivity index is 2.19. The van der Waals surface area contributed by atoms with Gasteiger partial charge in [0.2, 0.25) is 0 Å². The number of aliphatic hydroxyl groups excluding tert-OH is 1. The molecule has 0 saturated carbocycles. The van der Waals surface area contributed by atoms with Crippen molar-refractivity contribution in [2.45, 2.75) is 26.0 Å². The van der Waals surface area contributed by atoms with Gasteiger partial charge in [0.1, 0.15) is 0 Å². The number of ether oxygens (including phenoxy) is 2. The average Bonchev–Trinajstić information content (AvgIpc) is 2.18. The van der Waals surface area contributed by atoms with Gasteiger partial charge in [-0.15, -0.1) is 0 Å². The van der Waals surface area contributed by atoms with Gasteiger partial charge in [0, 0.05) is 13.1 Å². The summed E-state index contributed by atoms with van der Waals surface area (Å²) in [5.41, 5.74) is 0. The number of aliphatic hydroxyl groups is 1. The van der Waals surface area contributed by atoms with E-state index in [2.05, 4.69) is 4.90 Å². The SMILES string of the molecule is CC(C)OCCN1CCOC[C@@H]1CO. The molecule has 14 heavy (non-hydrogen) atoms. The second-order valence-corrected chi connectivity index (χ2v) is 3.87. The quantitative estimate of drug-likeness (QED) is 0.688. The molecule has 84 valence electrons. The smallest absolute Gasteiger partial charge is 0.0644 e. The number of hydrogen-bond acceptors (Lipinski definition) is 4. The van der Waals surface area contributed by atoms with E-state index in [0.717, 1.165) is 26.3 Å². The van der Waals surface area contributed by atoms with E-state index in [4.69, 9.17) is 14.6 Å². The van der Waals surface area contributed by atoms with Gasteiger partial charge in [0.15, 0.2) is 0 Å². The number of hydrogen-bond donors (Lipinski definition) is 1. The minimum atomic E-state index is 0.152. The first-order chi connectivity index (χ1) is 6.74. The highest BCUT2D eigenvalue weighted by molar-refractivity contribution is 4.74. The van der Waals surface area contributed by atoms with Crippen LogP contribution in [-0.4, -0.2) is 61.7 Å². The van der Waals surface area contributed by atoms with Gasteiger partial charge < -0.3 is 14.6 Å². The molecule has 1 aliphatic rings. The second kappa shape index (κ2) is 6.35. The molecule has 0 aromatic carbocycles. The van der Waals surface area contributed by atoms with Crippen LogP contribution in [0, 0.1) is 0 Å². The van der Waals surface area contributed by atoms with Crippen LogP contribution < -0.4 is 0 Å². The lowest BCUT2D eigenvalue weighted by Crippen LogP contribution is -2.48. The molecule has 1 rings (SSSR count). The van der Waals surface area contributed by atoms with Crippen molar-refractivity contribution < 1.29 is 14.6 Å². The molecular formula is C10H21NO3. The van der Waals surface area contributed by atoms with E-state index in [1.807, 2.05) is 13.8 Å². The maximum atomic E-state index is 9.11. The second-order valence-electron chi connectivity index (χ2n) is 3.87. The maximum Gasteiger partial charge on any atom is 0.0644 e. The molecule has 1 fully saturated rings. The molecule has 0 aromatic heterocycles. The topological polar surface area (TPSA) is 41.9 Å². The zero-order chi connectivity index (χ0) is 10.4. The Labute approximate surface area is 85.8 Å². The zero-order valence-corrected chi connectivity index (χ0v) is 9.11. The van der Waals surface area contributed by atoms with Gasteiger partial charge in [-0.25, -0.2) is 0 Å². The average molecular weight is 203 g/mol. The first-order valence-corrected chi connectivity index (χ1v) is 5.28. The summed E-state index contributed by atoms with van der Waals surface area (Å²) < 4.78 is 10.8. The van der Waals surface area contributed by atoms with Crippen LogP contribution in [0.25, 0.3) is 0 Å². The lowest BCUT2D eigenvalue weighted by molar-refractivity contribution is -0.0421. The molecule has 1 atom stereocenters. The Morgan fingerprint density at radius 1 is 1.57 bits per heavy atom. The molecule has 1 N–H and O–H groups in total. The Morgan fingerprint density at radius 2 is 2.36 bits per heavy atom. The predicted molar refractivity (Wildman–Crippen MR) is 54.4 cm³/mol. The van der Waals surface area contributed by atoms with Gasteiger partial charge in [-0.3, -0.25) is 4.90 Å². The Hall–Kier alpha value is -0.160. The molecule has 0 bridgehead atoms. The fraction of sp³-hybridized carbons (Fsp3) is 1.00. The van der Waals surface area contributed by atoms with Crippen molar-refractivity contribution in [3.8, 4) is 0 Å². The van der Waals surface area contributed by atoms with Crippen LogP contribution in [0.15, 0.2) is 0 Å². The van der Waals surface area contributed by atoms with E-state index < -0.39 is 0 Å². The first-order valence-electron chi connectivity index (χ1n) is 5.28. The molecule has 0 spiro atoms. The number of morpholine rings is 1. The molecule has 1 aliphatic heterocycles. The van der Waals surface area contributed by atoms with Crippen molar-refractivity contribution in [3.05, 3.63) is 0 Å². The van der Waals surface area contributed by atoms with Crippen LogP contribution in [-0.2, 0) is 9.47 Å². The molecular weight excluding hydrogens is 182 g/mol. The van der Waals surface area contributed by atoms with Crippen molar-refractivity contribution in [2.75, 3.05) is 39.5 Å². The summed E-state index contributed by atoms with van der Waals surface area (Å²) in [5, 5.41) is 9.11. The third kappa shape index (κ3) is 3.92. The maximum absolute atomic E-state index is 9.11. The highest BCUT2D eigenvalue weighted by atomic mass is 16.5. The van der Waals surface area contributed by atoms with Crippen molar-refractivity contribution in [3.63, 3.8) is 0 Å². The van der Waals surface area contributed by atoms with Crippen LogP contribution in [0.4, 0.5) is 0 Å². The van der Waals surface area contributed by atoms with Gasteiger partial charge in [0.05, 0.1) is 38.6 Å². The van der Waals surface area contributed by atoms with Crippen molar-refractivity contribution >= 4 is 0 Å². The van der Waals surface area contributed by atoms with E-state index in [1.165, 1.54) is 0 Å². The molecule has 0 aliphatic carbocycles. The molecule has 0 aromatic rings. The standard InChI is InChI=1S/C10H21NO3/c1-9(2)14-6-4-11-3-5-13-8-10(11)7-12/h9-10,12H,3-8H2,1-2H3/t10-/m0/s1. The van der Waals surface area contributed by atoms with Crippen molar-refractivity contribution in [1.82, 2.24) is 4.90 Å². The molecule has 1 heterocycles. The molecule has 4 nitrogen and oxygen atoms in total. The molecule has 1 saturated heterocycles. The minimum Gasteiger partial charge on any atom is -0.395 e. The van der Waals surface area contributed by atoms with Gasteiger partial charge in [-0.2, -0.15) is 0 Å². The summed E-state index contributed by atoms with van der Waals surface area (Å²) in [6.45, 7) is 8.14. The van der Waals surface area contributed by atoms with Crippen molar-refractivity contribution in [2.24, 2.45) is 0 Å². The van der Waals surface area contributed by atoms with Gasteiger partial charge >= 0.3 is 0 Å². The van der Waals surface area contributed by atoms with Gasteiger partial charge in [-0.05, 0) is 13.8 Å². The van der Waals surface area contributed by atoms with Gasteiger partial charge in [0.25, 0.3) is 0 Å². The summed E-state index contributed by atoms with van der Waals surface area (Å²) in [7, 11) is 0. The van der Waals surface area contributed by atoms with Crippen LogP contribution in [0.1, 0.15) is 13.8 Å². The fourth-order valence-corrected chi connectivity index (χ4v) is 1.56. The Bertz CT molecular complexity index is 152. The zero-order valence-electron chi connectivity index (χ0n) is 9.11. The van der Waals surface area contributed by atoms with Crippen LogP contribution in [0.3, 0.4) is 0 Å². The number of rotatable bonds is 5. The summed E-state index contributed by atoms with van der Waals surface area (Å²) in [6.07, 6.45) is 0.281. The molecule has 0 amide bonds. The largest absolute Gasteiger partial charge is 0.395 e. The summed E-state index contributed by atoms with van der Waals surface area (Å²) in [5.74, 6) is 0. The summed E-state index contributed by atoms with van der Waals surface area (Å²) >= 11 is 0. The molecule has 0 radical (unpaired) electrons. The minimum absolute atomic E-state index is 0.152. The molecule has 0 unspecified atom stereocenters.